The molecule has 0 amide bonds. The monoisotopic (exact) mass is 338 g/mol. The van der Waals surface area contributed by atoms with Crippen LogP contribution in [-0.2, 0) is 11.8 Å². The molecule has 2 nitrogen and oxygen atoms in total. The van der Waals surface area contributed by atoms with Crippen LogP contribution >= 0.6 is 0 Å². The summed E-state index contributed by atoms with van der Waals surface area (Å²) < 4.78 is 0. The molecule has 0 aliphatic heterocycles. The highest BCUT2D eigenvalue weighted by Gasteiger charge is 2.31. The van der Waals surface area contributed by atoms with Crippen LogP contribution in [0.5, 0.6) is 0 Å². The fraction of sp³-hybridized carbons (Fsp3) is 0.208. The summed E-state index contributed by atoms with van der Waals surface area (Å²) in [5.41, 5.74) is 4.52. The van der Waals surface area contributed by atoms with Crippen molar-refractivity contribution in [1.29, 1.82) is 5.26 Å². The second-order valence-corrected chi connectivity index (χ2v) is 7.12. The molecule has 1 N–H and O–H groups in total. The third-order valence-electron chi connectivity index (χ3n) is 5.60. The Morgan fingerprint density at radius 1 is 1.00 bits per heavy atom. The summed E-state index contributed by atoms with van der Waals surface area (Å²) in [5, 5.41) is 13.2. The maximum atomic E-state index is 9.59. The van der Waals surface area contributed by atoms with E-state index in [4.69, 9.17) is 0 Å². The maximum absolute atomic E-state index is 9.59. The van der Waals surface area contributed by atoms with E-state index in [-0.39, 0.29) is 5.41 Å². The Kier molecular flexibility index (Phi) is 4.01. The number of aryl methyl sites for hydroxylation is 1. The van der Waals surface area contributed by atoms with Gasteiger partial charge in [0.15, 0.2) is 0 Å². The minimum Gasteiger partial charge on any atom is -0.361 e. The van der Waals surface area contributed by atoms with Gasteiger partial charge in [0.1, 0.15) is 0 Å². The summed E-state index contributed by atoms with van der Waals surface area (Å²) in [4.78, 5) is 3.47. The third kappa shape index (κ3) is 2.48. The lowest BCUT2D eigenvalue weighted by molar-refractivity contribution is 0.592. The summed E-state index contributed by atoms with van der Waals surface area (Å²) in [6.07, 6.45) is 3.52. The number of aromatic amines is 1. The van der Waals surface area contributed by atoms with Gasteiger partial charge in [-0.25, -0.2) is 0 Å². The molecule has 26 heavy (non-hydrogen) atoms. The summed E-state index contributed by atoms with van der Waals surface area (Å²) in [7, 11) is 0. The van der Waals surface area contributed by atoms with E-state index in [2.05, 4.69) is 91.8 Å². The Morgan fingerprint density at radius 3 is 2.58 bits per heavy atom. The molecule has 0 fully saturated rings. The van der Waals surface area contributed by atoms with Crippen LogP contribution < -0.4 is 0 Å². The Balaban J connectivity index is 1.95. The Bertz CT molecular complexity index is 1130. The van der Waals surface area contributed by atoms with Crippen molar-refractivity contribution < 1.29 is 0 Å². The van der Waals surface area contributed by atoms with Crippen LogP contribution in [-0.4, -0.2) is 4.98 Å². The van der Waals surface area contributed by atoms with Gasteiger partial charge in [-0.2, -0.15) is 5.26 Å². The summed E-state index contributed by atoms with van der Waals surface area (Å²) in [5.74, 6) is 0. The molecule has 0 spiro atoms. The van der Waals surface area contributed by atoms with E-state index in [1.807, 2.05) is 0 Å². The zero-order chi connectivity index (χ0) is 18.1. The number of para-hydroxylation sites is 1. The fourth-order valence-electron chi connectivity index (χ4n) is 4.01. The van der Waals surface area contributed by atoms with Crippen LogP contribution in [0.1, 0.15) is 37.0 Å². The van der Waals surface area contributed by atoms with Gasteiger partial charge in [-0.1, -0.05) is 74.5 Å². The molecular weight excluding hydrogens is 316 g/mol. The van der Waals surface area contributed by atoms with Crippen molar-refractivity contribution >= 4 is 21.7 Å². The lowest BCUT2D eigenvalue weighted by atomic mass is 9.73. The van der Waals surface area contributed by atoms with Gasteiger partial charge in [0.05, 0.1) is 6.07 Å². The van der Waals surface area contributed by atoms with Crippen molar-refractivity contribution in [2.24, 2.45) is 0 Å². The molecule has 1 unspecified atom stereocenters. The number of benzene rings is 3. The van der Waals surface area contributed by atoms with E-state index in [9.17, 15) is 5.26 Å². The number of nitriles is 1. The second-order valence-electron chi connectivity index (χ2n) is 7.12. The zero-order valence-corrected chi connectivity index (χ0v) is 15.2. The zero-order valence-electron chi connectivity index (χ0n) is 15.2. The lowest BCUT2D eigenvalue weighted by Gasteiger charge is -2.28. The Hall–Kier alpha value is -3.05. The molecule has 4 rings (SSSR count). The predicted octanol–water partition coefficient (Wildman–Crippen LogP) is 6.10. The van der Waals surface area contributed by atoms with Crippen molar-refractivity contribution in [3.63, 3.8) is 0 Å². The predicted molar refractivity (Wildman–Crippen MR) is 108 cm³/mol. The molecular formula is C24H22N2. The van der Waals surface area contributed by atoms with E-state index in [0.717, 1.165) is 6.42 Å². The first-order chi connectivity index (χ1) is 12.7. The SMILES string of the molecule is CCc1cccc2c(C(C)(CC#N)c3ccc4ccccc4c3)c[nH]c12. The van der Waals surface area contributed by atoms with Gasteiger partial charge in [0, 0.05) is 28.9 Å². The van der Waals surface area contributed by atoms with Crippen LogP contribution in [0.3, 0.4) is 0 Å². The van der Waals surface area contributed by atoms with E-state index >= 15 is 0 Å². The van der Waals surface area contributed by atoms with E-state index in [1.165, 1.54) is 38.4 Å². The highest BCUT2D eigenvalue weighted by Crippen LogP contribution is 2.40. The molecule has 0 radical (unpaired) electrons. The van der Waals surface area contributed by atoms with Crippen molar-refractivity contribution in [2.75, 3.05) is 0 Å². The van der Waals surface area contributed by atoms with Crippen LogP contribution in [0.15, 0.2) is 66.9 Å². The van der Waals surface area contributed by atoms with Gasteiger partial charge < -0.3 is 4.98 Å². The number of nitrogens with one attached hydrogen (secondary N) is 1. The van der Waals surface area contributed by atoms with Crippen LogP contribution in [0.25, 0.3) is 21.7 Å². The summed E-state index contributed by atoms with van der Waals surface area (Å²) in [6, 6.07) is 23.8. The molecule has 2 heteroatoms. The van der Waals surface area contributed by atoms with E-state index < -0.39 is 0 Å². The first-order valence-electron chi connectivity index (χ1n) is 9.13. The van der Waals surface area contributed by atoms with E-state index in [0.29, 0.717) is 6.42 Å². The standard InChI is InChI=1S/C24H22N2/c1-3-17-9-6-10-21-22(16-26-23(17)21)24(2,13-14-25)20-12-11-18-7-4-5-8-19(18)15-20/h4-12,15-16,26H,3,13H2,1-2H3. The molecule has 3 aromatic carbocycles. The van der Waals surface area contributed by atoms with Crippen LogP contribution in [0.4, 0.5) is 0 Å². The molecule has 4 aromatic rings. The number of hydrogen-bond acceptors (Lipinski definition) is 1. The highest BCUT2D eigenvalue weighted by molar-refractivity contribution is 5.88. The number of rotatable bonds is 4. The van der Waals surface area contributed by atoms with Gasteiger partial charge >= 0.3 is 0 Å². The van der Waals surface area contributed by atoms with Crippen molar-refractivity contribution in [3.8, 4) is 6.07 Å². The maximum Gasteiger partial charge on any atom is 0.0634 e. The lowest BCUT2D eigenvalue weighted by Crippen LogP contribution is -2.22. The quantitative estimate of drug-likeness (QED) is 0.479. The van der Waals surface area contributed by atoms with Crippen LogP contribution in [0, 0.1) is 11.3 Å². The minimum atomic E-state index is -0.358. The highest BCUT2D eigenvalue weighted by atomic mass is 14.7. The number of hydrogen-bond donors (Lipinski definition) is 1. The first-order valence-corrected chi connectivity index (χ1v) is 9.13. The molecule has 0 saturated heterocycles. The molecule has 0 aliphatic carbocycles. The van der Waals surface area contributed by atoms with Gasteiger partial charge in [0.25, 0.3) is 0 Å². The minimum absolute atomic E-state index is 0.358. The molecule has 1 aromatic heterocycles. The van der Waals surface area contributed by atoms with Gasteiger partial charge in [-0.15, -0.1) is 0 Å². The Labute approximate surface area is 154 Å². The average Bonchev–Trinajstić information content (AvgIpc) is 3.12. The number of nitrogens with zero attached hydrogens (tertiary/aromatic N) is 1. The largest absolute Gasteiger partial charge is 0.361 e. The van der Waals surface area contributed by atoms with Gasteiger partial charge in [-0.05, 0) is 33.9 Å². The second kappa shape index (κ2) is 6.35. The molecule has 1 heterocycles. The third-order valence-corrected chi connectivity index (χ3v) is 5.60. The van der Waals surface area contributed by atoms with Crippen LogP contribution in [0.2, 0.25) is 0 Å². The average molecular weight is 338 g/mol. The van der Waals surface area contributed by atoms with Crippen molar-refractivity contribution in [2.45, 2.75) is 32.1 Å². The van der Waals surface area contributed by atoms with Gasteiger partial charge in [-0.3, -0.25) is 0 Å². The smallest absolute Gasteiger partial charge is 0.0634 e. The summed E-state index contributed by atoms with van der Waals surface area (Å²) >= 11 is 0. The number of fused-ring (bicyclic) bond motifs is 2. The topological polar surface area (TPSA) is 39.6 Å². The van der Waals surface area contributed by atoms with Crippen molar-refractivity contribution in [3.05, 3.63) is 83.6 Å². The first kappa shape index (κ1) is 16.4. The fourth-order valence-corrected chi connectivity index (χ4v) is 4.01. The summed E-state index contributed by atoms with van der Waals surface area (Å²) in [6.45, 7) is 4.36. The number of aromatic nitrogens is 1. The Morgan fingerprint density at radius 2 is 1.81 bits per heavy atom. The normalized spacial score (nSPS) is 13.6. The number of H-pyrrole nitrogens is 1. The molecule has 0 bridgehead atoms. The van der Waals surface area contributed by atoms with Gasteiger partial charge in [0.2, 0.25) is 0 Å². The molecule has 0 saturated carbocycles. The molecule has 0 aliphatic rings. The molecule has 1 atom stereocenters. The molecule has 128 valence electrons. The van der Waals surface area contributed by atoms with E-state index in [1.54, 1.807) is 0 Å². The van der Waals surface area contributed by atoms with Crippen molar-refractivity contribution in [1.82, 2.24) is 4.98 Å².